The predicted octanol–water partition coefficient (Wildman–Crippen LogP) is 4.61. The number of ether oxygens (including phenoxy) is 2. The number of carbonyl (C=O) groups is 1. The fraction of sp³-hybridized carbons (Fsp3) is 0.105. The number of benzene rings is 1. The lowest BCUT2D eigenvalue weighted by atomic mass is 10.1. The molecule has 1 saturated heterocycles. The number of thioether (sulfide) groups is 1. The lowest BCUT2D eigenvalue weighted by molar-refractivity contribution is -0.122. The molecular weight excluding hydrogens is 420 g/mol. The first kappa shape index (κ1) is 17.5. The van der Waals surface area contributed by atoms with Crippen molar-refractivity contribution in [3.05, 3.63) is 58.0 Å². The van der Waals surface area contributed by atoms with Crippen molar-refractivity contribution in [2.24, 2.45) is 0 Å². The number of pyridine rings is 1. The van der Waals surface area contributed by atoms with Gasteiger partial charge in [-0.3, -0.25) is 9.69 Å². The van der Waals surface area contributed by atoms with Crippen LogP contribution in [0.3, 0.4) is 0 Å². The number of furan rings is 1. The van der Waals surface area contributed by atoms with Gasteiger partial charge in [-0.05, 0) is 30.3 Å². The monoisotopic (exact) mass is 430 g/mol. The van der Waals surface area contributed by atoms with Gasteiger partial charge in [0, 0.05) is 17.0 Å². The van der Waals surface area contributed by atoms with Crippen LogP contribution in [0, 0.1) is 0 Å². The average Bonchev–Trinajstić information content (AvgIpc) is 3.39. The molecule has 9 heteroatoms. The van der Waals surface area contributed by atoms with E-state index in [2.05, 4.69) is 4.98 Å². The second-order valence-corrected chi connectivity index (χ2v) is 8.15. The zero-order valence-electron chi connectivity index (χ0n) is 14.2. The Bertz CT molecular complexity index is 1160. The first-order chi connectivity index (χ1) is 13.6. The summed E-state index contributed by atoms with van der Waals surface area (Å²) in [5.41, 5.74) is 1.32. The SMILES string of the molecule is O=C1C(=Cc2cc3cc4c(cc3nc2Cl)OCO4)SC(=S)N1Cc1ccco1. The van der Waals surface area contributed by atoms with Gasteiger partial charge in [0.2, 0.25) is 6.79 Å². The molecule has 140 valence electrons. The second-order valence-electron chi connectivity index (χ2n) is 6.11. The Morgan fingerprint density at radius 1 is 1.29 bits per heavy atom. The smallest absolute Gasteiger partial charge is 0.266 e. The summed E-state index contributed by atoms with van der Waals surface area (Å²) < 4.78 is 16.6. The topological polar surface area (TPSA) is 64.8 Å². The van der Waals surface area contributed by atoms with Crippen LogP contribution in [0.1, 0.15) is 11.3 Å². The van der Waals surface area contributed by atoms with Gasteiger partial charge in [0.15, 0.2) is 11.5 Å². The zero-order chi connectivity index (χ0) is 19.3. The predicted molar refractivity (Wildman–Crippen MR) is 110 cm³/mol. The van der Waals surface area contributed by atoms with E-state index in [9.17, 15) is 4.79 Å². The molecule has 0 bridgehead atoms. The van der Waals surface area contributed by atoms with Gasteiger partial charge >= 0.3 is 0 Å². The van der Waals surface area contributed by atoms with Gasteiger partial charge in [0.25, 0.3) is 5.91 Å². The summed E-state index contributed by atoms with van der Waals surface area (Å²) in [6.45, 7) is 0.479. The molecule has 4 heterocycles. The summed E-state index contributed by atoms with van der Waals surface area (Å²) in [4.78, 5) is 19.2. The number of amides is 1. The van der Waals surface area contributed by atoms with Crippen LogP contribution >= 0.6 is 35.6 Å². The van der Waals surface area contributed by atoms with Gasteiger partial charge in [0.05, 0.1) is 23.2 Å². The fourth-order valence-corrected chi connectivity index (χ4v) is 4.44. The molecule has 1 amide bonds. The lowest BCUT2D eigenvalue weighted by Crippen LogP contribution is -2.27. The molecular formula is C19H11ClN2O4S2. The summed E-state index contributed by atoms with van der Waals surface area (Å²) in [5.74, 6) is 1.78. The summed E-state index contributed by atoms with van der Waals surface area (Å²) in [7, 11) is 0. The Kier molecular flexibility index (Phi) is 4.26. The number of hydrogen-bond donors (Lipinski definition) is 0. The highest BCUT2D eigenvalue weighted by atomic mass is 35.5. The summed E-state index contributed by atoms with van der Waals surface area (Å²) in [5, 5.41) is 1.13. The van der Waals surface area contributed by atoms with Crippen molar-refractivity contribution in [3.63, 3.8) is 0 Å². The maximum atomic E-state index is 12.8. The number of hydrogen-bond acceptors (Lipinski definition) is 7. The van der Waals surface area contributed by atoms with Crippen molar-refractivity contribution < 1.29 is 18.7 Å². The van der Waals surface area contributed by atoms with Crippen LogP contribution in [0.25, 0.3) is 17.0 Å². The number of halogens is 1. The van der Waals surface area contributed by atoms with Crippen LogP contribution in [-0.2, 0) is 11.3 Å². The quantitative estimate of drug-likeness (QED) is 0.341. The van der Waals surface area contributed by atoms with Crippen LogP contribution in [-0.4, -0.2) is 26.9 Å². The van der Waals surface area contributed by atoms with E-state index in [0.29, 0.717) is 49.3 Å². The molecule has 0 N–H and O–H groups in total. The highest BCUT2D eigenvalue weighted by molar-refractivity contribution is 8.26. The van der Waals surface area contributed by atoms with Crippen molar-refractivity contribution in [3.8, 4) is 11.5 Å². The molecule has 0 unspecified atom stereocenters. The standard InChI is InChI=1S/C19H11ClN2O4S2/c20-17-11(4-10-5-14-15(26-9-25-14)7-13(10)21-17)6-16-18(23)22(19(27)28-16)8-12-2-1-3-24-12/h1-7H,8-9H2. The van der Waals surface area contributed by atoms with E-state index in [1.165, 1.54) is 16.7 Å². The first-order valence-electron chi connectivity index (χ1n) is 8.26. The lowest BCUT2D eigenvalue weighted by Gasteiger charge is -2.12. The van der Waals surface area contributed by atoms with Crippen LogP contribution in [0.4, 0.5) is 0 Å². The van der Waals surface area contributed by atoms with E-state index in [-0.39, 0.29) is 12.7 Å². The van der Waals surface area contributed by atoms with Crippen LogP contribution in [0.15, 0.2) is 45.9 Å². The molecule has 0 radical (unpaired) electrons. The molecule has 0 atom stereocenters. The van der Waals surface area contributed by atoms with E-state index in [1.54, 1.807) is 30.5 Å². The van der Waals surface area contributed by atoms with E-state index >= 15 is 0 Å². The maximum Gasteiger partial charge on any atom is 0.266 e. The maximum absolute atomic E-state index is 12.8. The number of rotatable bonds is 3. The van der Waals surface area contributed by atoms with Crippen LogP contribution in [0.5, 0.6) is 11.5 Å². The van der Waals surface area contributed by atoms with E-state index in [4.69, 9.17) is 37.7 Å². The Morgan fingerprint density at radius 2 is 2.11 bits per heavy atom. The fourth-order valence-electron chi connectivity index (χ4n) is 2.99. The van der Waals surface area contributed by atoms with Crippen LogP contribution in [0.2, 0.25) is 5.15 Å². The third kappa shape index (κ3) is 3.03. The summed E-state index contributed by atoms with van der Waals surface area (Å²) in [6, 6.07) is 9.08. The van der Waals surface area contributed by atoms with Gasteiger partial charge in [-0.15, -0.1) is 0 Å². The van der Waals surface area contributed by atoms with Crippen molar-refractivity contribution in [1.82, 2.24) is 9.88 Å². The number of aromatic nitrogens is 1. The molecule has 0 aliphatic carbocycles. The molecule has 2 aliphatic rings. The first-order valence-corrected chi connectivity index (χ1v) is 9.86. The molecule has 0 spiro atoms. The molecule has 0 saturated carbocycles. The van der Waals surface area contributed by atoms with Crippen molar-refractivity contribution in [2.45, 2.75) is 6.54 Å². The molecule has 28 heavy (non-hydrogen) atoms. The van der Waals surface area contributed by atoms with Gasteiger partial charge in [0.1, 0.15) is 15.2 Å². The highest BCUT2D eigenvalue weighted by Gasteiger charge is 2.32. The average molecular weight is 431 g/mol. The molecule has 2 aromatic heterocycles. The Morgan fingerprint density at radius 3 is 2.89 bits per heavy atom. The van der Waals surface area contributed by atoms with Crippen molar-refractivity contribution >= 4 is 62.8 Å². The molecule has 2 aliphatic heterocycles. The normalized spacial score (nSPS) is 17.3. The molecule has 3 aromatic rings. The minimum absolute atomic E-state index is 0.185. The number of carbonyl (C=O) groups excluding carboxylic acids is 1. The van der Waals surface area contributed by atoms with E-state index in [0.717, 1.165) is 5.39 Å². The number of thiocarbonyl (C=S) groups is 1. The molecule has 5 rings (SSSR count). The Balaban J connectivity index is 1.49. The van der Waals surface area contributed by atoms with Gasteiger partial charge in [-0.25, -0.2) is 4.98 Å². The minimum atomic E-state index is -0.187. The third-order valence-corrected chi connectivity index (χ3v) is 6.02. The van der Waals surface area contributed by atoms with Crippen molar-refractivity contribution in [1.29, 1.82) is 0 Å². The highest BCUT2D eigenvalue weighted by Crippen LogP contribution is 2.38. The Labute approximate surface area is 174 Å². The molecule has 1 fully saturated rings. The van der Waals surface area contributed by atoms with Gasteiger partial charge in [-0.1, -0.05) is 35.6 Å². The molecule has 1 aromatic carbocycles. The zero-order valence-corrected chi connectivity index (χ0v) is 16.6. The Hall–Kier alpha value is -2.55. The largest absolute Gasteiger partial charge is 0.467 e. The minimum Gasteiger partial charge on any atom is -0.467 e. The van der Waals surface area contributed by atoms with E-state index in [1.807, 2.05) is 12.1 Å². The van der Waals surface area contributed by atoms with E-state index < -0.39 is 0 Å². The third-order valence-electron chi connectivity index (χ3n) is 4.34. The van der Waals surface area contributed by atoms with Gasteiger partial charge in [-0.2, -0.15) is 0 Å². The number of nitrogens with zero attached hydrogens (tertiary/aromatic N) is 2. The van der Waals surface area contributed by atoms with Crippen molar-refractivity contribution in [2.75, 3.05) is 6.79 Å². The number of fused-ring (bicyclic) bond motifs is 2. The van der Waals surface area contributed by atoms with Gasteiger partial charge < -0.3 is 13.9 Å². The summed E-state index contributed by atoms with van der Waals surface area (Å²) in [6.07, 6.45) is 3.27. The molecule has 6 nitrogen and oxygen atoms in total. The summed E-state index contributed by atoms with van der Waals surface area (Å²) >= 11 is 12.9. The second kappa shape index (κ2) is 6.80. The van der Waals surface area contributed by atoms with Crippen LogP contribution < -0.4 is 9.47 Å².